The maximum atomic E-state index is 12.6. The maximum absolute atomic E-state index is 12.6. The van der Waals surface area contributed by atoms with Crippen LogP contribution in [0.5, 0.6) is 0 Å². The number of likely N-dealkylation sites (tertiary alicyclic amines) is 1. The van der Waals surface area contributed by atoms with Crippen LogP contribution in [0.2, 0.25) is 0 Å². The number of carbonyl (C=O) groups is 1. The van der Waals surface area contributed by atoms with Gasteiger partial charge in [-0.05, 0) is 50.3 Å². The predicted octanol–water partition coefficient (Wildman–Crippen LogP) is 2.58. The average Bonchev–Trinajstić information content (AvgIpc) is 2.43. The Morgan fingerprint density at radius 3 is 2.65 bits per heavy atom. The third-order valence-corrected chi connectivity index (χ3v) is 4.61. The Balaban J connectivity index is 2.10. The molecule has 0 spiro atoms. The first-order valence-corrected chi connectivity index (χ1v) is 7.43. The van der Waals surface area contributed by atoms with Gasteiger partial charge in [0, 0.05) is 18.7 Å². The van der Waals surface area contributed by atoms with Crippen molar-refractivity contribution in [2.75, 3.05) is 13.1 Å². The Morgan fingerprint density at radius 1 is 1.35 bits per heavy atom. The van der Waals surface area contributed by atoms with Crippen molar-refractivity contribution < 1.29 is 9.90 Å². The van der Waals surface area contributed by atoms with Crippen LogP contribution < -0.4 is 0 Å². The molecule has 1 heterocycles. The van der Waals surface area contributed by atoms with E-state index in [1.54, 1.807) is 0 Å². The van der Waals surface area contributed by atoms with Crippen molar-refractivity contribution in [3.8, 4) is 0 Å². The van der Waals surface area contributed by atoms with Crippen LogP contribution in [0.15, 0.2) is 18.2 Å². The van der Waals surface area contributed by atoms with E-state index < -0.39 is 0 Å². The van der Waals surface area contributed by atoms with E-state index in [-0.39, 0.29) is 23.8 Å². The molecule has 110 valence electrons. The van der Waals surface area contributed by atoms with Gasteiger partial charge in [0.05, 0.1) is 12.1 Å². The minimum atomic E-state index is -0.227. The molecule has 0 saturated carbocycles. The number of benzene rings is 1. The molecule has 1 N–H and O–H groups in total. The lowest BCUT2D eigenvalue weighted by molar-refractivity contribution is 0.0205. The summed E-state index contributed by atoms with van der Waals surface area (Å²) in [5, 5.41) is 9.79. The van der Waals surface area contributed by atoms with Gasteiger partial charge in [-0.3, -0.25) is 9.69 Å². The van der Waals surface area contributed by atoms with Crippen molar-refractivity contribution in [3.63, 3.8) is 0 Å². The minimum Gasteiger partial charge on any atom is -0.393 e. The number of ketones is 1. The third-order valence-electron chi connectivity index (χ3n) is 4.61. The lowest BCUT2D eigenvalue weighted by Crippen LogP contribution is -2.48. The number of Topliss-reactive ketones (excluding diaryl/α,β-unsaturated/α-hetero) is 1. The molecular weight excluding hydrogens is 250 g/mol. The Bertz CT molecular complexity index is 498. The number of aliphatic hydroxyl groups is 1. The van der Waals surface area contributed by atoms with E-state index in [1.165, 1.54) is 5.56 Å². The average molecular weight is 275 g/mol. The fourth-order valence-corrected chi connectivity index (χ4v) is 2.82. The van der Waals surface area contributed by atoms with E-state index >= 15 is 0 Å². The van der Waals surface area contributed by atoms with Crippen molar-refractivity contribution in [2.45, 2.75) is 46.3 Å². The van der Waals surface area contributed by atoms with Gasteiger partial charge in [0.15, 0.2) is 5.78 Å². The van der Waals surface area contributed by atoms with E-state index in [0.29, 0.717) is 0 Å². The zero-order chi connectivity index (χ0) is 14.9. The molecule has 0 aromatic heterocycles. The summed E-state index contributed by atoms with van der Waals surface area (Å²) in [6, 6.07) is 5.80. The lowest BCUT2D eigenvalue weighted by atomic mass is 9.93. The largest absolute Gasteiger partial charge is 0.393 e. The van der Waals surface area contributed by atoms with E-state index in [4.69, 9.17) is 0 Å². The van der Waals surface area contributed by atoms with Crippen LogP contribution in [0.4, 0.5) is 0 Å². The highest BCUT2D eigenvalue weighted by molar-refractivity contribution is 6.00. The molecule has 1 aliphatic heterocycles. The highest BCUT2D eigenvalue weighted by Crippen LogP contribution is 2.21. The molecule has 2 rings (SSSR count). The van der Waals surface area contributed by atoms with E-state index in [2.05, 4.69) is 11.8 Å². The number of aliphatic hydroxyl groups excluding tert-OH is 1. The molecule has 20 heavy (non-hydrogen) atoms. The molecule has 1 aliphatic rings. The SMILES string of the molecule is Cc1ccc(C(=O)C(C)N2CCC(O)C(C)C2)cc1C. The fraction of sp³-hybridized carbons (Fsp3) is 0.588. The highest BCUT2D eigenvalue weighted by atomic mass is 16.3. The molecule has 0 bridgehead atoms. The molecule has 0 radical (unpaired) electrons. The van der Waals surface area contributed by atoms with Crippen LogP contribution in [0.25, 0.3) is 0 Å². The highest BCUT2D eigenvalue weighted by Gasteiger charge is 2.30. The van der Waals surface area contributed by atoms with Gasteiger partial charge in [0.2, 0.25) is 0 Å². The molecule has 3 unspecified atom stereocenters. The van der Waals surface area contributed by atoms with Crippen LogP contribution in [0, 0.1) is 19.8 Å². The van der Waals surface area contributed by atoms with Gasteiger partial charge in [-0.25, -0.2) is 0 Å². The first-order valence-electron chi connectivity index (χ1n) is 7.43. The Hall–Kier alpha value is -1.19. The lowest BCUT2D eigenvalue weighted by Gasteiger charge is -2.37. The molecule has 1 aromatic rings. The van der Waals surface area contributed by atoms with Crippen LogP contribution in [-0.2, 0) is 0 Å². The molecular formula is C17H25NO2. The molecule has 3 heteroatoms. The fourth-order valence-electron chi connectivity index (χ4n) is 2.82. The summed E-state index contributed by atoms with van der Waals surface area (Å²) >= 11 is 0. The van der Waals surface area contributed by atoms with Crippen molar-refractivity contribution in [3.05, 3.63) is 34.9 Å². The summed E-state index contributed by atoms with van der Waals surface area (Å²) in [7, 11) is 0. The van der Waals surface area contributed by atoms with Crippen molar-refractivity contribution in [1.82, 2.24) is 4.90 Å². The van der Waals surface area contributed by atoms with Gasteiger partial charge in [-0.1, -0.05) is 19.1 Å². The Morgan fingerprint density at radius 2 is 2.05 bits per heavy atom. The summed E-state index contributed by atoms with van der Waals surface area (Å²) in [5.74, 6) is 0.412. The second-order valence-electron chi connectivity index (χ2n) is 6.17. The zero-order valence-electron chi connectivity index (χ0n) is 12.9. The summed E-state index contributed by atoms with van der Waals surface area (Å²) in [5.41, 5.74) is 3.16. The topological polar surface area (TPSA) is 40.5 Å². The third kappa shape index (κ3) is 3.10. The van der Waals surface area contributed by atoms with Gasteiger partial charge in [0.25, 0.3) is 0 Å². The van der Waals surface area contributed by atoms with E-state index in [9.17, 15) is 9.90 Å². The number of nitrogens with zero attached hydrogens (tertiary/aromatic N) is 1. The van der Waals surface area contributed by atoms with Crippen molar-refractivity contribution >= 4 is 5.78 Å². The van der Waals surface area contributed by atoms with Crippen LogP contribution in [0.1, 0.15) is 41.8 Å². The first kappa shape index (κ1) is 15.2. The first-order chi connectivity index (χ1) is 9.40. The molecule has 3 nitrogen and oxygen atoms in total. The van der Waals surface area contributed by atoms with E-state index in [1.807, 2.05) is 39.0 Å². The maximum Gasteiger partial charge on any atom is 0.179 e. The second kappa shape index (κ2) is 6.06. The predicted molar refractivity (Wildman–Crippen MR) is 81.1 cm³/mol. The van der Waals surface area contributed by atoms with Gasteiger partial charge >= 0.3 is 0 Å². The minimum absolute atomic E-state index is 0.118. The van der Waals surface area contributed by atoms with Crippen molar-refractivity contribution in [1.29, 1.82) is 0 Å². The number of aryl methyl sites for hydroxylation is 2. The van der Waals surface area contributed by atoms with Gasteiger partial charge in [-0.15, -0.1) is 0 Å². The quantitative estimate of drug-likeness (QED) is 0.862. The number of carbonyl (C=O) groups excluding carboxylic acids is 1. The smallest absolute Gasteiger partial charge is 0.179 e. The van der Waals surface area contributed by atoms with Gasteiger partial charge < -0.3 is 5.11 Å². The molecule has 1 fully saturated rings. The number of hydrogen-bond donors (Lipinski definition) is 1. The summed E-state index contributed by atoms with van der Waals surface area (Å²) in [6.07, 6.45) is 0.529. The normalized spacial score (nSPS) is 25.4. The summed E-state index contributed by atoms with van der Waals surface area (Å²) in [4.78, 5) is 14.8. The Labute approximate surface area is 121 Å². The molecule has 1 saturated heterocycles. The van der Waals surface area contributed by atoms with Gasteiger partial charge in [-0.2, -0.15) is 0 Å². The Kier molecular flexibility index (Phi) is 4.61. The second-order valence-corrected chi connectivity index (χ2v) is 6.17. The molecule has 1 aromatic carbocycles. The summed E-state index contributed by atoms with van der Waals surface area (Å²) < 4.78 is 0. The van der Waals surface area contributed by atoms with Gasteiger partial charge in [0.1, 0.15) is 0 Å². The van der Waals surface area contributed by atoms with Crippen LogP contribution >= 0.6 is 0 Å². The standard InChI is InChI=1S/C17H25NO2/c1-11-5-6-15(9-12(11)2)17(20)14(4)18-8-7-16(19)13(3)10-18/h5-6,9,13-14,16,19H,7-8,10H2,1-4H3. The zero-order valence-corrected chi connectivity index (χ0v) is 12.9. The number of rotatable bonds is 3. The molecule has 0 aliphatic carbocycles. The molecule has 3 atom stereocenters. The number of piperidine rings is 1. The monoisotopic (exact) mass is 275 g/mol. The van der Waals surface area contributed by atoms with E-state index in [0.717, 1.165) is 30.6 Å². The van der Waals surface area contributed by atoms with Crippen LogP contribution in [0.3, 0.4) is 0 Å². The summed E-state index contributed by atoms with van der Waals surface area (Å²) in [6.45, 7) is 9.70. The van der Waals surface area contributed by atoms with Crippen molar-refractivity contribution in [2.24, 2.45) is 5.92 Å². The molecule has 0 amide bonds. The van der Waals surface area contributed by atoms with Crippen LogP contribution in [-0.4, -0.2) is 41.0 Å². The number of hydrogen-bond acceptors (Lipinski definition) is 3.